The second kappa shape index (κ2) is 3.72. The first-order valence-corrected chi connectivity index (χ1v) is 3.99. The zero-order valence-corrected chi connectivity index (χ0v) is 7.13. The van der Waals surface area contributed by atoms with Gasteiger partial charge in [0.1, 0.15) is 0 Å². The van der Waals surface area contributed by atoms with Crippen LogP contribution < -0.4 is 5.32 Å². The molecule has 1 fully saturated rings. The van der Waals surface area contributed by atoms with E-state index in [-0.39, 0.29) is 11.9 Å². The minimum Gasteiger partial charge on any atom is -0.358 e. The summed E-state index contributed by atoms with van der Waals surface area (Å²) in [6.07, 6.45) is 4.17. The summed E-state index contributed by atoms with van der Waals surface area (Å²) in [6.45, 7) is 0.998. The molecule has 1 unspecified atom stereocenters. The summed E-state index contributed by atoms with van der Waals surface area (Å²) >= 11 is 0. The zero-order chi connectivity index (χ0) is 8.27. The van der Waals surface area contributed by atoms with E-state index in [2.05, 4.69) is 16.6 Å². The Morgan fingerprint density at radius 3 is 3.00 bits per heavy atom. The number of amides is 1. The molecule has 1 heterocycles. The Morgan fingerprint density at radius 2 is 2.45 bits per heavy atom. The molecule has 63 valence electrons. The van der Waals surface area contributed by atoms with E-state index in [1.54, 1.807) is 7.05 Å². The highest BCUT2D eigenvalue weighted by Crippen LogP contribution is 2.13. The van der Waals surface area contributed by atoms with Crippen LogP contribution in [0.2, 0.25) is 0 Å². The highest BCUT2D eigenvalue weighted by atomic mass is 16.2. The lowest BCUT2D eigenvalue weighted by Crippen LogP contribution is -2.46. The van der Waals surface area contributed by atoms with E-state index in [0.717, 1.165) is 19.4 Å². The van der Waals surface area contributed by atoms with Crippen molar-refractivity contribution < 1.29 is 4.79 Å². The van der Waals surface area contributed by atoms with Crippen molar-refractivity contribution in [1.82, 2.24) is 10.2 Å². The number of carbonyl (C=O) groups is 1. The summed E-state index contributed by atoms with van der Waals surface area (Å²) in [6, 6.07) is 0.0637. The van der Waals surface area contributed by atoms with E-state index < -0.39 is 0 Å². The molecule has 0 saturated carbocycles. The summed E-state index contributed by atoms with van der Waals surface area (Å²) < 4.78 is 0. The molecule has 0 bridgehead atoms. The molecule has 11 heavy (non-hydrogen) atoms. The van der Waals surface area contributed by atoms with Gasteiger partial charge in [-0.1, -0.05) is 0 Å². The molecule has 0 aliphatic carbocycles. The van der Waals surface area contributed by atoms with Gasteiger partial charge in [-0.05, 0) is 32.9 Å². The van der Waals surface area contributed by atoms with E-state index in [9.17, 15) is 4.79 Å². The SMILES string of the molecule is CNC(=O)C1C[CH]CCN1C. The van der Waals surface area contributed by atoms with Crippen LogP contribution in [-0.2, 0) is 4.79 Å². The third-order valence-corrected chi connectivity index (χ3v) is 2.16. The summed E-state index contributed by atoms with van der Waals surface area (Å²) in [5, 5.41) is 2.66. The van der Waals surface area contributed by atoms with Crippen LogP contribution in [0.25, 0.3) is 0 Å². The van der Waals surface area contributed by atoms with E-state index in [1.165, 1.54) is 0 Å². The molecule has 0 aromatic rings. The minimum absolute atomic E-state index is 0.0637. The van der Waals surface area contributed by atoms with Gasteiger partial charge in [-0.15, -0.1) is 0 Å². The number of nitrogens with one attached hydrogen (secondary N) is 1. The number of hydrogen-bond acceptors (Lipinski definition) is 2. The molecule has 1 N–H and O–H groups in total. The number of hydrogen-bond donors (Lipinski definition) is 1. The van der Waals surface area contributed by atoms with E-state index in [4.69, 9.17) is 0 Å². The number of likely N-dealkylation sites (tertiary alicyclic amines) is 1. The van der Waals surface area contributed by atoms with Crippen molar-refractivity contribution in [3.63, 3.8) is 0 Å². The molecule has 0 aromatic carbocycles. The van der Waals surface area contributed by atoms with Gasteiger partial charge in [-0.3, -0.25) is 9.69 Å². The molecule has 1 saturated heterocycles. The standard InChI is InChI=1S/C8H15N2O/c1-9-8(11)7-5-3-4-6-10(7)2/h3,7H,4-6H2,1-2H3,(H,9,11). The second-order valence-corrected chi connectivity index (χ2v) is 2.92. The third kappa shape index (κ3) is 1.93. The fraction of sp³-hybridized carbons (Fsp3) is 0.750. The van der Waals surface area contributed by atoms with Gasteiger partial charge in [-0.25, -0.2) is 0 Å². The molecule has 1 aliphatic heterocycles. The Bertz CT molecular complexity index is 147. The summed E-state index contributed by atoms with van der Waals surface area (Å²) in [4.78, 5) is 13.3. The fourth-order valence-corrected chi connectivity index (χ4v) is 1.38. The largest absolute Gasteiger partial charge is 0.358 e. The topological polar surface area (TPSA) is 32.3 Å². The predicted octanol–water partition coefficient (Wildman–Crippen LogP) is 0.0309. The normalized spacial score (nSPS) is 26.5. The highest BCUT2D eigenvalue weighted by Gasteiger charge is 2.24. The van der Waals surface area contributed by atoms with Crippen LogP contribution in [-0.4, -0.2) is 37.5 Å². The quantitative estimate of drug-likeness (QED) is 0.579. The van der Waals surface area contributed by atoms with Crippen LogP contribution in [0.15, 0.2) is 0 Å². The molecule has 1 aliphatic rings. The van der Waals surface area contributed by atoms with Crippen molar-refractivity contribution >= 4 is 5.91 Å². The monoisotopic (exact) mass is 155 g/mol. The van der Waals surface area contributed by atoms with Gasteiger partial charge in [0.2, 0.25) is 5.91 Å². The maximum atomic E-state index is 11.2. The second-order valence-electron chi connectivity index (χ2n) is 2.92. The Hall–Kier alpha value is -0.570. The molecule has 1 radical (unpaired) electrons. The Labute approximate surface area is 67.8 Å². The van der Waals surface area contributed by atoms with Gasteiger partial charge in [0, 0.05) is 7.05 Å². The van der Waals surface area contributed by atoms with Crippen LogP contribution in [0.5, 0.6) is 0 Å². The van der Waals surface area contributed by atoms with Crippen molar-refractivity contribution in [2.24, 2.45) is 0 Å². The lowest BCUT2D eigenvalue weighted by molar-refractivity contribution is -0.125. The van der Waals surface area contributed by atoms with Crippen molar-refractivity contribution in [2.45, 2.75) is 18.9 Å². The summed E-state index contributed by atoms with van der Waals surface area (Å²) in [5.41, 5.74) is 0. The van der Waals surface area contributed by atoms with Crippen molar-refractivity contribution in [2.75, 3.05) is 20.6 Å². The number of likely N-dealkylation sites (N-methyl/N-ethyl adjacent to an activating group) is 2. The maximum absolute atomic E-state index is 11.2. The van der Waals surface area contributed by atoms with Crippen molar-refractivity contribution in [1.29, 1.82) is 0 Å². The molecule has 1 atom stereocenters. The average molecular weight is 155 g/mol. The van der Waals surface area contributed by atoms with Crippen molar-refractivity contribution in [3.8, 4) is 0 Å². The Morgan fingerprint density at radius 1 is 1.73 bits per heavy atom. The predicted molar refractivity (Wildman–Crippen MR) is 44.0 cm³/mol. The van der Waals surface area contributed by atoms with Gasteiger partial charge in [0.15, 0.2) is 0 Å². The summed E-state index contributed by atoms with van der Waals surface area (Å²) in [7, 11) is 3.68. The van der Waals surface area contributed by atoms with E-state index >= 15 is 0 Å². The Kier molecular flexibility index (Phi) is 2.88. The average Bonchev–Trinajstić information content (AvgIpc) is 2.04. The lowest BCUT2D eigenvalue weighted by Gasteiger charge is -2.30. The molecular formula is C8H15N2O. The van der Waals surface area contributed by atoms with Crippen LogP contribution >= 0.6 is 0 Å². The fourth-order valence-electron chi connectivity index (χ4n) is 1.38. The smallest absolute Gasteiger partial charge is 0.237 e. The highest BCUT2D eigenvalue weighted by molar-refractivity contribution is 5.81. The molecule has 0 spiro atoms. The number of carbonyl (C=O) groups excluding carboxylic acids is 1. The van der Waals surface area contributed by atoms with Crippen LogP contribution in [0.1, 0.15) is 12.8 Å². The Balaban J connectivity index is 2.47. The van der Waals surface area contributed by atoms with Crippen LogP contribution in [0.3, 0.4) is 0 Å². The molecule has 0 aromatic heterocycles. The van der Waals surface area contributed by atoms with E-state index in [1.807, 2.05) is 7.05 Å². The number of piperidine rings is 1. The van der Waals surface area contributed by atoms with Crippen LogP contribution in [0.4, 0.5) is 0 Å². The van der Waals surface area contributed by atoms with Gasteiger partial charge in [-0.2, -0.15) is 0 Å². The lowest BCUT2D eigenvalue weighted by atomic mass is 10.0. The molecule has 3 heteroatoms. The van der Waals surface area contributed by atoms with Crippen LogP contribution in [0, 0.1) is 6.42 Å². The first-order valence-electron chi connectivity index (χ1n) is 3.99. The molecule has 1 rings (SSSR count). The number of nitrogens with zero attached hydrogens (tertiary/aromatic N) is 1. The van der Waals surface area contributed by atoms with Gasteiger partial charge < -0.3 is 5.32 Å². The third-order valence-electron chi connectivity index (χ3n) is 2.16. The van der Waals surface area contributed by atoms with Gasteiger partial charge >= 0.3 is 0 Å². The first-order chi connectivity index (χ1) is 5.25. The number of rotatable bonds is 1. The summed E-state index contributed by atoms with van der Waals surface area (Å²) in [5.74, 6) is 0.128. The van der Waals surface area contributed by atoms with E-state index in [0.29, 0.717) is 0 Å². The zero-order valence-electron chi connectivity index (χ0n) is 7.13. The first kappa shape index (κ1) is 8.53. The molecular weight excluding hydrogens is 140 g/mol. The molecule has 1 amide bonds. The van der Waals surface area contributed by atoms with Crippen molar-refractivity contribution in [3.05, 3.63) is 6.42 Å². The van der Waals surface area contributed by atoms with Gasteiger partial charge in [0.05, 0.1) is 6.04 Å². The maximum Gasteiger partial charge on any atom is 0.237 e. The molecule has 3 nitrogen and oxygen atoms in total. The van der Waals surface area contributed by atoms with Gasteiger partial charge in [0.25, 0.3) is 0 Å². The minimum atomic E-state index is 0.0637.